The lowest BCUT2D eigenvalue weighted by atomic mass is 10.2. The predicted octanol–water partition coefficient (Wildman–Crippen LogP) is 2.83. The first-order valence-electron chi connectivity index (χ1n) is 7.92. The second-order valence-electron chi connectivity index (χ2n) is 5.31. The lowest BCUT2D eigenvalue weighted by Gasteiger charge is -2.06. The van der Waals surface area contributed by atoms with Gasteiger partial charge in [0.25, 0.3) is 5.91 Å². The van der Waals surface area contributed by atoms with E-state index in [0.29, 0.717) is 6.61 Å². The zero-order valence-corrected chi connectivity index (χ0v) is 14.5. The van der Waals surface area contributed by atoms with Crippen molar-refractivity contribution < 1.29 is 19.2 Å². The highest BCUT2D eigenvalue weighted by atomic mass is 16.6. The molecule has 8 heteroatoms. The van der Waals surface area contributed by atoms with E-state index in [0.717, 1.165) is 16.9 Å². The van der Waals surface area contributed by atoms with E-state index in [1.165, 1.54) is 18.3 Å². The molecule has 2 aromatic carbocycles. The molecule has 0 saturated heterocycles. The van der Waals surface area contributed by atoms with Crippen LogP contribution in [0.15, 0.2) is 47.6 Å². The minimum absolute atomic E-state index is 0.0336. The molecular formula is C18H19N3O5. The van der Waals surface area contributed by atoms with Crippen LogP contribution in [-0.4, -0.2) is 30.3 Å². The van der Waals surface area contributed by atoms with Gasteiger partial charge in [-0.2, -0.15) is 5.10 Å². The number of rotatable bonds is 8. The van der Waals surface area contributed by atoms with Gasteiger partial charge in [-0.3, -0.25) is 14.9 Å². The lowest BCUT2D eigenvalue weighted by molar-refractivity contribution is -0.385. The molecule has 1 N–H and O–H groups in total. The third-order valence-corrected chi connectivity index (χ3v) is 3.26. The Morgan fingerprint density at radius 3 is 2.62 bits per heavy atom. The Hall–Kier alpha value is -3.42. The van der Waals surface area contributed by atoms with E-state index in [-0.39, 0.29) is 18.0 Å². The van der Waals surface area contributed by atoms with Gasteiger partial charge in [-0.25, -0.2) is 5.43 Å². The molecule has 0 aliphatic heterocycles. The van der Waals surface area contributed by atoms with Crippen molar-refractivity contribution in [2.24, 2.45) is 5.10 Å². The van der Waals surface area contributed by atoms with Crippen molar-refractivity contribution in [1.82, 2.24) is 5.43 Å². The van der Waals surface area contributed by atoms with E-state index in [1.54, 1.807) is 37.3 Å². The molecule has 0 radical (unpaired) electrons. The standard InChI is InChI=1S/C18H19N3O5/c1-3-25-15-7-5-14(6-8-15)11-19-20-18(22)12-26-17-9-4-13(2)10-16(17)21(23)24/h4-11H,3,12H2,1-2H3,(H,20,22)/b19-11+. The summed E-state index contributed by atoms with van der Waals surface area (Å²) in [7, 11) is 0. The van der Waals surface area contributed by atoms with E-state index in [1.807, 2.05) is 6.92 Å². The van der Waals surface area contributed by atoms with Crippen molar-refractivity contribution >= 4 is 17.8 Å². The number of benzene rings is 2. The summed E-state index contributed by atoms with van der Waals surface area (Å²) >= 11 is 0. The number of hydrogen-bond acceptors (Lipinski definition) is 6. The minimum Gasteiger partial charge on any atom is -0.494 e. The highest BCUT2D eigenvalue weighted by Crippen LogP contribution is 2.27. The fourth-order valence-electron chi connectivity index (χ4n) is 2.06. The van der Waals surface area contributed by atoms with Crippen LogP contribution in [0.1, 0.15) is 18.1 Å². The van der Waals surface area contributed by atoms with Gasteiger partial charge in [-0.15, -0.1) is 0 Å². The Morgan fingerprint density at radius 2 is 1.96 bits per heavy atom. The number of nitro groups is 1. The van der Waals surface area contributed by atoms with Crippen molar-refractivity contribution in [3.8, 4) is 11.5 Å². The highest BCUT2D eigenvalue weighted by Gasteiger charge is 2.16. The third-order valence-electron chi connectivity index (χ3n) is 3.26. The summed E-state index contributed by atoms with van der Waals surface area (Å²) in [6, 6.07) is 11.7. The molecule has 2 aromatic rings. The summed E-state index contributed by atoms with van der Waals surface area (Å²) < 4.78 is 10.5. The van der Waals surface area contributed by atoms with E-state index in [9.17, 15) is 14.9 Å². The number of carbonyl (C=O) groups excluding carboxylic acids is 1. The molecule has 0 unspecified atom stereocenters. The molecule has 0 saturated carbocycles. The average Bonchev–Trinajstić information content (AvgIpc) is 2.62. The minimum atomic E-state index is -0.551. The maximum absolute atomic E-state index is 11.8. The summed E-state index contributed by atoms with van der Waals surface area (Å²) in [5.74, 6) is 0.259. The number of nitro benzene ring substituents is 1. The number of hydrazone groups is 1. The van der Waals surface area contributed by atoms with Crippen molar-refractivity contribution in [3.05, 3.63) is 63.7 Å². The van der Waals surface area contributed by atoms with Crippen molar-refractivity contribution in [1.29, 1.82) is 0 Å². The number of carbonyl (C=O) groups is 1. The van der Waals surface area contributed by atoms with Crippen molar-refractivity contribution in [2.45, 2.75) is 13.8 Å². The smallest absolute Gasteiger partial charge is 0.311 e. The highest BCUT2D eigenvalue weighted by molar-refractivity contribution is 5.83. The van der Waals surface area contributed by atoms with Crippen molar-refractivity contribution in [3.63, 3.8) is 0 Å². The molecule has 0 fully saturated rings. The summed E-state index contributed by atoms with van der Waals surface area (Å²) in [5.41, 5.74) is 3.63. The third kappa shape index (κ3) is 5.59. The van der Waals surface area contributed by atoms with E-state index >= 15 is 0 Å². The van der Waals surface area contributed by atoms with Crippen LogP contribution in [0, 0.1) is 17.0 Å². The molecule has 0 spiro atoms. The zero-order chi connectivity index (χ0) is 18.9. The van der Waals surface area contributed by atoms with Crippen LogP contribution in [0.4, 0.5) is 5.69 Å². The first-order chi connectivity index (χ1) is 12.5. The average molecular weight is 357 g/mol. The Kier molecular flexibility index (Phi) is 6.67. The summed E-state index contributed by atoms with van der Waals surface area (Å²) in [5, 5.41) is 14.8. The number of ether oxygens (including phenoxy) is 2. The summed E-state index contributed by atoms with van der Waals surface area (Å²) in [6.07, 6.45) is 1.47. The molecule has 26 heavy (non-hydrogen) atoms. The van der Waals surface area contributed by atoms with Gasteiger partial charge in [-0.1, -0.05) is 6.07 Å². The Bertz CT molecular complexity index is 803. The first kappa shape index (κ1) is 18.9. The zero-order valence-electron chi connectivity index (χ0n) is 14.5. The largest absolute Gasteiger partial charge is 0.494 e. The monoisotopic (exact) mass is 357 g/mol. The molecule has 1 amide bonds. The van der Waals surface area contributed by atoms with Crippen LogP contribution < -0.4 is 14.9 Å². The van der Waals surface area contributed by atoms with Gasteiger partial charge in [-0.05, 0) is 55.3 Å². The number of hydrogen-bond donors (Lipinski definition) is 1. The second kappa shape index (κ2) is 9.16. The van der Waals surface area contributed by atoms with Crippen LogP contribution in [-0.2, 0) is 4.79 Å². The van der Waals surface area contributed by atoms with E-state index in [4.69, 9.17) is 9.47 Å². The van der Waals surface area contributed by atoms with Crippen molar-refractivity contribution in [2.75, 3.05) is 13.2 Å². The first-order valence-corrected chi connectivity index (χ1v) is 7.92. The second-order valence-corrected chi connectivity index (χ2v) is 5.31. The van der Waals surface area contributed by atoms with Gasteiger partial charge < -0.3 is 9.47 Å². The molecule has 136 valence electrons. The van der Waals surface area contributed by atoms with Crippen LogP contribution in [0.2, 0.25) is 0 Å². The van der Waals surface area contributed by atoms with Gasteiger partial charge in [0.2, 0.25) is 0 Å². The van der Waals surface area contributed by atoms with Gasteiger partial charge in [0.1, 0.15) is 5.75 Å². The topological polar surface area (TPSA) is 103 Å². The molecule has 2 rings (SSSR count). The normalized spacial score (nSPS) is 10.5. The predicted molar refractivity (Wildman–Crippen MR) is 96.7 cm³/mol. The molecule has 0 aromatic heterocycles. The fraction of sp³-hybridized carbons (Fsp3) is 0.222. The molecule has 0 aliphatic rings. The molecular weight excluding hydrogens is 338 g/mol. The molecule has 0 heterocycles. The van der Waals surface area contributed by atoms with Gasteiger partial charge >= 0.3 is 5.69 Å². The number of nitrogens with one attached hydrogen (secondary N) is 1. The van der Waals surface area contributed by atoms with Gasteiger partial charge in [0.15, 0.2) is 12.4 Å². The maximum atomic E-state index is 11.8. The van der Waals surface area contributed by atoms with Crippen LogP contribution >= 0.6 is 0 Å². The molecule has 0 atom stereocenters. The SMILES string of the molecule is CCOc1ccc(/C=N/NC(=O)COc2ccc(C)cc2[N+](=O)[O-])cc1. The quantitative estimate of drug-likeness (QED) is 0.444. The molecule has 0 bridgehead atoms. The Balaban J connectivity index is 1.86. The van der Waals surface area contributed by atoms with Crippen LogP contribution in [0.25, 0.3) is 0 Å². The molecule has 0 aliphatic carbocycles. The summed E-state index contributed by atoms with van der Waals surface area (Å²) in [4.78, 5) is 22.2. The van der Waals surface area contributed by atoms with E-state index in [2.05, 4.69) is 10.5 Å². The Labute approximate surface area is 150 Å². The number of amides is 1. The Morgan fingerprint density at radius 1 is 1.23 bits per heavy atom. The van der Waals surface area contributed by atoms with Crippen LogP contribution in [0.5, 0.6) is 11.5 Å². The number of nitrogens with zero attached hydrogens (tertiary/aromatic N) is 2. The van der Waals surface area contributed by atoms with Gasteiger partial charge in [0, 0.05) is 6.07 Å². The molecule has 8 nitrogen and oxygen atoms in total. The van der Waals surface area contributed by atoms with Gasteiger partial charge in [0.05, 0.1) is 17.7 Å². The lowest BCUT2D eigenvalue weighted by Crippen LogP contribution is -2.24. The van der Waals surface area contributed by atoms with E-state index < -0.39 is 10.8 Å². The summed E-state index contributed by atoms with van der Waals surface area (Å²) in [6.45, 7) is 3.84. The number of aryl methyl sites for hydroxylation is 1. The maximum Gasteiger partial charge on any atom is 0.311 e. The van der Waals surface area contributed by atoms with Crippen LogP contribution in [0.3, 0.4) is 0 Å². The fourth-order valence-corrected chi connectivity index (χ4v) is 2.06.